The standard InChI is InChI=1S/C14H18N2O2S2/c1-3-12(14-5-4-8-19-14)16-13-9-11(20(15,17)18)7-6-10(13)2/h4-9,12,16H,3H2,1-2H3,(H2,15,17,18). The summed E-state index contributed by atoms with van der Waals surface area (Å²) in [5.41, 5.74) is 1.80. The number of nitrogens with two attached hydrogens (primary N) is 1. The Hall–Kier alpha value is -1.37. The summed E-state index contributed by atoms with van der Waals surface area (Å²) in [6.45, 7) is 4.03. The Morgan fingerprint density at radius 2 is 2.10 bits per heavy atom. The highest BCUT2D eigenvalue weighted by Crippen LogP contribution is 2.28. The monoisotopic (exact) mass is 310 g/mol. The summed E-state index contributed by atoms with van der Waals surface area (Å²) in [6.07, 6.45) is 0.916. The molecule has 0 aliphatic carbocycles. The van der Waals surface area contributed by atoms with E-state index in [9.17, 15) is 8.42 Å². The Bertz CT molecular complexity index is 679. The molecule has 108 valence electrons. The first kappa shape index (κ1) is 15.0. The van der Waals surface area contributed by atoms with Crippen LogP contribution in [0.15, 0.2) is 40.6 Å². The van der Waals surface area contributed by atoms with Crippen LogP contribution in [0.25, 0.3) is 0 Å². The van der Waals surface area contributed by atoms with Crippen LogP contribution in [0.2, 0.25) is 0 Å². The van der Waals surface area contributed by atoms with E-state index in [-0.39, 0.29) is 10.9 Å². The molecule has 0 spiro atoms. The zero-order valence-electron chi connectivity index (χ0n) is 11.5. The van der Waals surface area contributed by atoms with E-state index in [0.29, 0.717) is 0 Å². The summed E-state index contributed by atoms with van der Waals surface area (Å²) in [6, 6.07) is 9.15. The summed E-state index contributed by atoms with van der Waals surface area (Å²) in [4.78, 5) is 1.36. The van der Waals surface area contributed by atoms with E-state index in [1.165, 1.54) is 10.9 Å². The Kier molecular flexibility index (Phi) is 4.47. The van der Waals surface area contributed by atoms with Gasteiger partial charge in [-0.1, -0.05) is 19.1 Å². The van der Waals surface area contributed by atoms with Crippen LogP contribution >= 0.6 is 11.3 Å². The van der Waals surface area contributed by atoms with E-state index in [0.717, 1.165) is 17.7 Å². The molecule has 20 heavy (non-hydrogen) atoms. The van der Waals surface area contributed by atoms with Crippen molar-refractivity contribution < 1.29 is 8.42 Å². The van der Waals surface area contributed by atoms with Crippen molar-refractivity contribution in [2.24, 2.45) is 5.14 Å². The molecule has 0 fully saturated rings. The maximum Gasteiger partial charge on any atom is 0.238 e. The van der Waals surface area contributed by atoms with Crippen LogP contribution in [-0.4, -0.2) is 8.42 Å². The van der Waals surface area contributed by atoms with Crippen molar-refractivity contribution in [1.29, 1.82) is 0 Å². The number of hydrogen-bond acceptors (Lipinski definition) is 4. The first-order chi connectivity index (χ1) is 9.41. The molecule has 1 aromatic carbocycles. The molecular weight excluding hydrogens is 292 g/mol. The van der Waals surface area contributed by atoms with Crippen molar-refractivity contribution in [1.82, 2.24) is 0 Å². The molecule has 1 heterocycles. The fourth-order valence-corrected chi connectivity index (χ4v) is 3.39. The van der Waals surface area contributed by atoms with Crippen molar-refractivity contribution in [3.8, 4) is 0 Å². The predicted octanol–water partition coefficient (Wildman–Crippen LogP) is 3.27. The van der Waals surface area contributed by atoms with E-state index in [1.807, 2.05) is 18.4 Å². The highest BCUT2D eigenvalue weighted by atomic mass is 32.2. The quantitative estimate of drug-likeness (QED) is 0.890. The Morgan fingerprint density at radius 3 is 2.65 bits per heavy atom. The van der Waals surface area contributed by atoms with E-state index in [1.54, 1.807) is 23.5 Å². The van der Waals surface area contributed by atoms with Gasteiger partial charge in [-0.15, -0.1) is 11.3 Å². The molecule has 0 saturated carbocycles. The number of anilines is 1. The molecule has 0 bridgehead atoms. The molecule has 0 amide bonds. The first-order valence-corrected chi connectivity index (χ1v) is 8.78. The number of primary sulfonamides is 1. The number of hydrogen-bond donors (Lipinski definition) is 2. The zero-order valence-corrected chi connectivity index (χ0v) is 13.1. The molecule has 0 saturated heterocycles. The van der Waals surface area contributed by atoms with Gasteiger partial charge in [0.15, 0.2) is 0 Å². The Labute approximate surface area is 123 Å². The van der Waals surface area contributed by atoms with Crippen LogP contribution in [0.3, 0.4) is 0 Å². The number of sulfonamides is 1. The molecule has 0 aliphatic rings. The van der Waals surface area contributed by atoms with Crippen LogP contribution < -0.4 is 10.5 Å². The lowest BCUT2D eigenvalue weighted by Gasteiger charge is -2.19. The topological polar surface area (TPSA) is 72.2 Å². The maximum absolute atomic E-state index is 11.4. The number of rotatable bonds is 5. The van der Waals surface area contributed by atoms with Gasteiger partial charge in [-0.3, -0.25) is 0 Å². The van der Waals surface area contributed by atoms with Crippen molar-refractivity contribution in [3.63, 3.8) is 0 Å². The summed E-state index contributed by atoms with van der Waals surface area (Å²) in [5.74, 6) is 0. The minimum absolute atomic E-state index is 0.131. The second-order valence-corrected chi connectivity index (χ2v) is 7.18. The number of benzene rings is 1. The van der Waals surface area contributed by atoms with Crippen LogP contribution in [0.4, 0.5) is 5.69 Å². The van der Waals surface area contributed by atoms with Crippen LogP contribution in [-0.2, 0) is 10.0 Å². The highest BCUT2D eigenvalue weighted by Gasteiger charge is 2.14. The lowest BCUT2D eigenvalue weighted by molar-refractivity contribution is 0.598. The molecular formula is C14H18N2O2S2. The number of aryl methyl sites for hydroxylation is 1. The normalized spacial score (nSPS) is 13.2. The van der Waals surface area contributed by atoms with Crippen LogP contribution in [0.5, 0.6) is 0 Å². The van der Waals surface area contributed by atoms with Gasteiger partial charge in [0.05, 0.1) is 10.9 Å². The first-order valence-electron chi connectivity index (χ1n) is 6.35. The molecule has 1 unspecified atom stereocenters. The Balaban J connectivity index is 2.33. The molecule has 0 aliphatic heterocycles. The molecule has 2 rings (SSSR count). The SMILES string of the molecule is CCC(Nc1cc(S(N)(=O)=O)ccc1C)c1cccs1. The Morgan fingerprint density at radius 1 is 1.35 bits per heavy atom. The lowest BCUT2D eigenvalue weighted by Crippen LogP contribution is -2.14. The predicted molar refractivity (Wildman–Crippen MR) is 83.5 cm³/mol. The van der Waals surface area contributed by atoms with E-state index in [4.69, 9.17) is 5.14 Å². The van der Waals surface area contributed by atoms with Gasteiger partial charge in [0.2, 0.25) is 10.0 Å². The molecule has 4 nitrogen and oxygen atoms in total. The minimum atomic E-state index is -3.68. The fraction of sp³-hybridized carbons (Fsp3) is 0.286. The van der Waals surface area contributed by atoms with Crippen LogP contribution in [0.1, 0.15) is 29.8 Å². The largest absolute Gasteiger partial charge is 0.377 e. The second kappa shape index (κ2) is 5.95. The van der Waals surface area contributed by atoms with E-state index < -0.39 is 10.0 Å². The van der Waals surface area contributed by atoms with Gasteiger partial charge >= 0.3 is 0 Å². The van der Waals surface area contributed by atoms with Gasteiger partial charge in [0.1, 0.15) is 0 Å². The molecule has 1 atom stereocenters. The van der Waals surface area contributed by atoms with Crippen molar-refractivity contribution in [3.05, 3.63) is 46.2 Å². The maximum atomic E-state index is 11.4. The number of thiophene rings is 1. The lowest BCUT2D eigenvalue weighted by atomic mass is 10.1. The molecule has 1 aromatic heterocycles. The van der Waals surface area contributed by atoms with Crippen molar-refractivity contribution in [2.45, 2.75) is 31.2 Å². The zero-order chi connectivity index (χ0) is 14.8. The average molecular weight is 310 g/mol. The minimum Gasteiger partial charge on any atom is -0.377 e. The third-order valence-electron chi connectivity index (χ3n) is 3.16. The van der Waals surface area contributed by atoms with Gasteiger partial charge in [-0.2, -0.15) is 0 Å². The van der Waals surface area contributed by atoms with E-state index >= 15 is 0 Å². The number of nitrogens with one attached hydrogen (secondary N) is 1. The summed E-state index contributed by atoms with van der Waals surface area (Å²) < 4.78 is 22.9. The van der Waals surface area contributed by atoms with Gasteiger partial charge in [-0.05, 0) is 42.5 Å². The van der Waals surface area contributed by atoms with E-state index in [2.05, 4.69) is 18.3 Å². The second-order valence-electron chi connectivity index (χ2n) is 4.64. The highest BCUT2D eigenvalue weighted by molar-refractivity contribution is 7.89. The van der Waals surface area contributed by atoms with Gasteiger partial charge < -0.3 is 5.32 Å². The molecule has 6 heteroatoms. The fourth-order valence-electron chi connectivity index (χ4n) is 1.99. The van der Waals surface area contributed by atoms with Gasteiger partial charge in [0.25, 0.3) is 0 Å². The summed E-state index contributed by atoms with van der Waals surface area (Å²) >= 11 is 1.69. The van der Waals surface area contributed by atoms with Crippen LogP contribution in [0, 0.1) is 6.92 Å². The molecule has 3 N–H and O–H groups in total. The average Bonchev–Trinajstić information content (AvgIpc) is 2.90. The molecule has 0 radical (unpaired) electrons. The van der Waals surface area contributed by atoms with Crippen molar-refractivity contribution in [2.75, 3.05) is 5.32 Å². The summed E-state index contributed by atoms with van der Waals surface area (Å²) in [7, 11) is -3.68. The third-order valence-corrected chi connectivity index (χ3v) is 5.06. The van der Waals surface area contributed by atoms with Crippen molar-refractivity contribution >= 4 is 27.0 Å². The van der Waals surface area contributed by atoms with Gasteiger partial charge in [0, 0.05) is 10.6 Å². The van der Waals surface area contributed by atoms with Gasteiger partial charge in [-0.25, -0.2) is 13.6 Å². The summed E-state index contributed by atoms with van der Waals surface area (Å²) in [5, 5.41) is 10.6. The molecule has 2 aromatic rings. The smallest absolute Gasteiger partial charge is 0.238 e. The third kappa shape index (κ3) is 3.39.